The van der Waals surface area contributed by atoms with Crippen molar-refractivity contribution in [2.24, 2.45) is 0 Å². The number of piperidine rings is 1. The van der Waals surface area contributed by atoms with Crippen LogP contribution in [0.5, 0.6) is 11.5 Å². The highest BCUT2D eigenvalue weighted by atomic mass is 16.7. The number of aromatic nitrogens is 4. The Hall–Kier alpha value is -3.89. The highest BCUT2D eigenvalue weighted by Crippen LogP contribution is 2.36. The van der Waals surface area contributed by atoms with E-state index in [2.05, 4.69) is 27.2 Å². The first-order valence-corrected chi connectivity index (χ1v) is 12.9. The molecule has 2 saturated heterocycles. The van der Waals surface area contributed by atoms with E-state index < -0.39 is 0 Å². The van der Waals surface area contributed by atoms with E-state index in [9.17, 15) is 0 Å². The highest BCUT2D eigenvalue weighted by Gasteiger charge is 2.28. The SMILES string of the molecule is c1ccc(-n2cnc3c(Nc4ccc5c(c4)OCO5)nc(N4CCC(N5CCOCC5)CC4)nc32)cc1. The van der Waals surface area contributed by atoms with Crippen molar-refractivity contribution in [1.82, 2.24) is 24.4 Å². The number of fused-ring (bicyclic) bond motifs is 2. The molecule has 0 amide bonds. The molecule has 0 aliphatic carbocycles. The Morgan fingerprint density at radius 3 is 2.51 bits per heavy atom. The van der Waals surface area contributed by atoms with Crippen molar-refractivity contribution in [3.63, 3.8) is 0 Å². The van der Waals surface area contributed by atoms with Gasteiger partial charge in [-0.1, -0.05) is 18.2 Å². The third kappa shape index (κ3) is 4.32. The van der Waals surface area contributed by atoms with Crippen LogP contribution in [0, 0.1) is 0 Å². The molecule has 3 aliphatic heterocycles. The number of nitrogens with zero attached hydrogens (tertiary/aromatic N) is 6. The first-order valence-electron chi connectivity index (χ1n) is 12.9. The number of nitrogens with one attached hydrogen (secondary N) is 1. The third-order valence-electron chi connectivity index (χ3n) is 7.36. The van der Waals surface area contributed by atoms with Crippen LogP contribution in [0.15, 0.2) is 54.9 Å². The molecular formula is C27H29N7O3. The molecule has 37 heavy (non-hydrogen) atoms. The molecule has 2 aromatic carbocycles. The zero-order valence-electron chi connectivity index (χ0n) is 20.5. The minimum Gasteiger partial charge on any atom is -0.454 e. The van der Waals surface area contributed by atoms with Crippen molar-refractivity contribution in [2.45, 2.75) is 18.9 Å². The minimum absolute atomic E-state index is 0.239. The number of para-hydroxylation sites is 1. The molecule has 0 unspecified atom stereocenters. The van der Waals surface area contributed by atoms with Crippen molar-refractivity contribution in [1.29, 1.82) is 0 Å². The average molecular weight is 500 g/mol. The number of ether oxygens (including phenoxy) is 3. The summed E-state index contributed by atoms with van der Waals surface area (Å²) in [4.78, 5) is 19.6. The summed E-state index contributed by atoms with van der Waals surface area (Å²) >= 11 is 0. The number of imidazole rings is 1. The van der Waals surface area contributed by atoms with Crippen LogP contribution in [-0.4, -0.2) is 76.6 Å². The second kappa shape index (κ2) is 9.53. The fraction of sp³-hybridized carbons (Fsp3) is 0.370. The molecule has 1 N–H and O–H groups in total. The first-order chi connectivity index (χ1) is 18.3. The lowest BCUT2D eigenvalue weighted by atomic mass is 10.0. The molecule has 0 saturated carbocycles. The highest BCUT2D eigenvalue weighted by molar-refractivity contribution is 5.88. The molecule has 10 nitrogen and oxygen atoms in total. The maximum atomic E-state index is 5.57. The molecule has 0 atom stereocenters. The van der Waals surface area contributed by atoms with Crippen LogP contribution in [0.2, 0.25) is 0 Å². The van der Waals surface area contributed by atoms with Gasteiger partial charge in [-0.15, -0.1) is 0 Å². The van der Waals surface area contributed by atoms with Gasteiger partial charge in [-0.2, -0.15) is 9.97 Å². The molecule has 0 radical (unpaired) electrons. The van der Waals surface area contributed by atoms with E-state index in [1.54, 1.807) is 0 Å². The van der Waals surface area contributed by atoms with Crippen molar-refractivity contribution < 1.29 is 14.2 Å². The third-order valence-corrected chi connectivity index (χ3v) is 7.36. The average Bonchev–Trinajstić information content (AvgIpc) is 3.61. The summed E-state index contributed by atoms with van der Waals surface area (Å²) in [6, 6.07) is 16.5. The van der Waals surface area contributed by atoms with Gasteiger partial charge in [0.2, 0.25) is 12.7 Å². The van der Waals surface area contributed by atoms with Crippen LogP contribution in [0.1, 0.15) is 12.8 Å². The summed E-state index contributed by atoms with van der Waals surface area (Å²) in [5.41, 5.74) is 3.36. The predicted molar refractivity (Wildman–Crippen MR) is 140 cm³/mol. The van der Waals surface area contributed by atoms with E-state index in [4.69, 9.17) is 29.2 Å². The summed E-state index contributed by atoms with van der Waals surface area (Å²) in [7, 11) is 0. The lowest BCUT2D eigenvalue weighted by Crippen LogP contribution is -2.49. The predicted octanol–water partition coefficient (Wildman–Crippen LogP) is 3.59. The van der Waals surface area contributed by atoms with Gasteiger partial charge < -0.3 is 24.4 Å². The van der Waals surface area contributed by atoms with Gasteiger partial charge in [-0.25, -0.2) is 4.98 Å². The quantitative estimate of drug-likeness (QED) is 0.442. The van der Waals surface area contributed by atoms with Crippen molar-refractivity contribution in [3.8, 4) is 17.2 Å². The summed E-state index contributed by atoms with van der Waals surface area (Å²) < 4.78 is 18.6. The van der Waals surface area contributed by atoms with E-state index in [-0.39, 0.29) is 6.79 Å². The zero-order valence-corrected chi connectivity index (χ0v) is 20.5. The lowest BCUT2D eigenvalue weighted by molar-refractivity contribution is 0.0114. The van der Waals surface area contributed by atoms with Gasteiger partial charge in [0.25, 0.3) is 0 Å². The Morgan fingerprint density at radius 1 is 0.865 bits per heavy atom. The monoisotopic (exact) mass is 499 g/mol. The lowest BCUT2D eigenvalue weighted by Gasteiger charge is -2.40. The molecular weight excluding hydrogens is 470 g/mol. The van der Waals surface area contributed by atoms with Gasteiger partial charge in [0, 0.05) is 49.7 Å². The number of anilines is 3. The summed E-state index contributed by atoms with van der Waals surface area (Å²) in [5, 5.41) is 3.47. The van der Waals surface area contributed by atoms with E-state index >= 15 is 0 Å². The minimum atomic E-state index is 0.239. The molecule has 7 rings (SSSR count). The fourth-order valence-corrected chi connectivity index (χ4v) is 5.38. The van der Waals surface area contributed by atoms with Crippen LogP contribution in [0.3, 0.4) is 0 Å². The van der Waals surface area contributed by atoms with Crippen LogP contribution < -0.4 is 19.7 Å². The summed E-state index contributed by atoms with van der Waals surface area (Å²) in [6.07, 6.45) is 3.99. The van der Waals surface area contributed by atoms with Crippen LogP contribution in [0.4, 0.5) is 17.5 Å². The Labute approximate surface area is 214 Å². The maximum absolute atomic E-state index is 5.57. The van der Waals surface area contributed by atoms with Crippen molar-refractivity contribution >= 4 is 28.6 Å². The Kier molecular flexibility index (Phi) is 5.75. The number of benzene rings is 2. The van der Waals surface area contributed by atoms with Gasteiger partial charge >= 0.3 is 0 Å². The standard InChI is InChI=1S/C27H29N7O3/c1-2-4-21(5-3-1)34-17-28-24-25(29-19-6-7-22-23(16-19)37-18-36-22)30-27(31-26(24)34)33-10-8-20(9-11-33)32-12-14-35-15-13-32/h1-7,16-17,20H,8-15,18H2,(H,29,30,31). The Bertz CT molecular complexity index is 1400. The largest absolute Gasteiger partial charge is 0.454 e. The van der Waals surface area contributed by atoms with Gasteiger partial charge in [0.15, 0.2) is 28.5 Å². The van der Waals surface area contributed by atoms with Gasteiger partial charge in [0.1, 0.15) is 6.33 Å². The van der Waals surface area contributed by atoms with E-state index in [1.807, 2.05) is 47.3 Å². The van der Waals surface area contributed by atoms with Gasteiger partial charge in [-0.3, -0.25) is 9.47 Å². The molecule has 0 bridgehead atoms. The molecule has 0 spiro atoms. The Balaban J connectivity index is 1.22. The van der Waals surface area contributed by atoms with Crippen LogP contribution in [0.25, 0.3) is 16.9 Å². The first kappa shape index (κ1) is 22.3. The van der Waals surface area contributed by atoms with E-state index in [1.165, 1.54) is 0 Å². The molecule has 4 aromatic rings. The second-order valence-corrected chi connectivity index (χ2v) is 9.55. The smallest absolute Gasteiger partial charge is 0.231 e. The molecule has 10 heteroatoms. The number of morpholine rings is 1. The molecule has 2 fully saturated rings. The number of hydrogen-bond acceptors (Lipinski definition) is 9. The number of hydrogen-bond donors (Lipinski definition) is 1. The van der Waals surface area contributed by atoms with Gasteiger partial charge in [-0.05, 0) is 37.1 Å². The topological polar surface area (TPSA) is 89.8 Å². The Morgan fingerprint density at radius 2 is 1.68 bits per heavy atom. The fourth-order valence-electron chi connectivity index (χ4n) is 5.38. The molecule has 2 aromatic heterocycles. The second-order valence-electron chi connectivity index (χ2n) is 9.55. The van der Waals surface area contributed by atoms with E-state index in [0.29, 0.717) is 23.3 Å². The van der Waals surface area contributed by atoms with Crippen molar-refractivity contribution in [2.75, 3.05) is 56.4 Å². The number of rotatable bonds is 5. The molecule has 3 aliphatic rings. The van der Waals surface area contributed by atoms with Crippen LogP contribution >= 0.6 is 0 Å². The van der Waals surface area contributed by atoms with E-state index in [0.717, 1.165) is 80.8 Å². The normalized spacial score (nSPS) is 18.4. The summed E-state index contributed by atoms with van der Waals surface area (Å²) in [5.74, 6) is 2.85. The van der Waals surface area contributed by atoms with Gasteiger partial charge in [0.05, 0.1) is 13.2 Å². The maximum Gasteiger partial charge on any atom is 0.231 e. The van der Waals surface area contributed by atoms with Crippen LogP contribution in [-0.2, 0) is 4.74 Å². The molecule has 5 heterocycles. The summed E-state index contributed by atoms with van der Waals surface area (Å²) in [6.45, 7) is 5.77. The van der Waals surface area contributed by atoms with Crippen molar-refractivity contribution in [3.05, 3.63) is 54.9 Å². The molecule has 190 valence electrons. The zero-order chi connectivity index (χ0) is 24.6.